The zero-order valence-electron chi connectivity index (χ0n) is 75.7. The molecule has 4 rings (SSSR count). The van der Waals surface area contributed by atoms with Gasteiger partial charge in [-0.25, -0.2) is 9.78 Å². The van der Waals surface area contributed by atoms with Crippen LogP contribution in [0.15, 0.2) is 104 Å². The maximum absolute atomic E-state index is 14.7. The molecule has 0 bridgehead atoms. The quantitative estimate of drug-likeness (QED) is 0.0184. The smallest absolute Gasteiger partial charge is 0.326 e. The first-order chi connectivity index (χ1) is 62.9. The van der Waals surface area contributed by atoms with Crippen LogP contribution in [0.1, 0.15) is 160 Å². The number of carboxylic acids is 2. The van der Waals surface area contributed by atoms with Gasteiger partial charge >= 0.3 is 11.9 Å². The molecule has 1 aromatic heterocycles. The van der Waals surface area contributed by atoms with Gasteiger partial charge in [-0.1, -0.05) is 119 Å². The van der Waals surface area contributed by atoms with Gasteiger partial charge in [-0.05, 0) is 158 Å². The lowest BCUT2D eigenvalue weighted by Gasteiger charge is -2.28. The fourth-order valence-electron chi connectivity index (χ4n) is 13.6. The van der Waals surface area contributed by atoms with Crippen LogP contribution in [-0.4, -0.2) is 269 Å². The number of hydrogen-bond acceptors (Lipinski definition) is 25. The van der Waals surface area contributed by atoms with Gasteiger partial charge in [-0.15, -0.1) is 0 Å². The molecule has 0 aliphatic heterocycles. The number of amides is 16. The van der Waals surface area contributed by atoms with Gasteiger partial charge in [0.2, 0.25) is 94.5 Å². The maximum Gasteiger partial charge on any atom is 0.326 e. The standard InChI is InChI=1S/C88H135N23O21/c1-51(2)40-64(106-83(126)66(42-56-26-12-8-13-27-56)108-79(122)60(31-17-21-37-90)100-70(113)45-93)82(125)109-68(44-58-46-94-50-97-58)84(127)110-69(49-112)86(129)99-53(5)75(118)103-61(32-18-22-38-91)80(123)104-62(33-19-23-39-92)81(124)107-65(41-55-24-10-7-11-25-55)77(120)95-47-71(114)101-59(30-16-20-36-89)78(121)98-54(6)76(119)105-67(43-57-28-14-9-15-29-57)85(128)111-74(52(3)4)87(130)96-48-72(115)102-63(88(131)132)34-35-73(116)117/h7-15,24-29,46,50-54,59-69,74,112H,16-23,30-45,47-49,89-93H2,1-6H3,(H,94,97)(H,95,120)(H,96,130)(H,98,121)(H,99,129)(H,100,113)(H,101,114)(H,102,115)(H,103,118)(H,104,123)(H,105,119)(H,106,126)(H,107,124)(H,108,122)(H,109,125)(H,110,127)(H,111,128)(H,116,117)(H,131,132)/t53-,54-,59-,60-,61-,62-,63-,64-,65-,66-,67-,68-,69-,74-/m0/s1. The Hall–Kier alpha value is -12.9. The SMILES string of the molecule is CC(C)C[C@H](NC(=O)[C@H](Cc1ccccc1)NC(=O)[C@H](CCCCN)NC(=O)CN)C(=O)N[C@@H](Cc1c[nH]cn1)C(=O)N[C@@H](CO)C(=O)N[C@@H](C)C(=O)N[C@@H](CCCCN)C(=O)N[C@@H](CCCCN)C(=O)N[C@@H](Cc1ccccc1)C(=O)NCC(=O)N[C@@H](CCCCN)C(=O)N[C@@H](C)C(=O)N[C@@H](Cc1ccccc1)C(=O)N[C@H](C(=O)NCC(=O)N[C@@H](CCC(=O)O)C(=O)O)C(C)C. The summed E-state index contributed by atoms with van der Waals surface area (Å²) in [5.74, 6) is -17.7. The summed E-state index contributed by atoms with van der Waals surface area (Å²) in [6, 6.07) is 5.56. The van der Waals surface area contributed by atoms with E-state index >= 15 is 0 Å². The number of H-pyrrole nitrogens is 1. The van der Waals surface area contributed by atoms with Gasteiger partial charge in [0.1, 0.15) is 84.6 Å². The van der Waals surface area contributed by atoms with Crippen LogP contribution >= 0.6 is 0 Å². The van der Waals surface area contributed by atoms with Crippen molar-refractivity contribution in [2.75, 3.05) is 52.4 Å². The van der Waals surface area contributed by atoms with Crippen LogP contribution in [0.4, 0.5) is 0 Å². The van der Waals surface area contributed by atoms with Crippen molar-refractivity contribution in [2.45, 2.75) is 248 Å². The Morgan fingerprint density at radius 1 is 0.341 bits per heavy atom. The molecule has 132 heavy (non-hydrogen) atoms. The Kier molecular flexibility index (Phi) is 51.4. The van der Waals surface area contributed by atoms with Crippen molar-refractivity contribution in [3.63, 3.8) is 0 Å². The highest BCUT2D eigenvalue weighted by atomic mass is 16.4. The number of benzene rings is 3. The van der Waals surface area contributed by atoms with Crippen molar-refractivity contribution < 1.29 is 102 Å². The van der Waals surface area contributed by atoms with Crippen LogP contribution in [0, 0.1) is 11.8 Å². The van der Waals surface area contributed by atoms with E-state index in [1.54, 1.807) is 119 Å². The highest BCUT2D eigenvalue weighted by Gasteiger charge is 2.38. The zero-order chi connectivity index (χ0) is 97.8. The topological polar surface area (TPSA) is 719 Å². The number of nitrogens with two attached hydrogens (primary N) is 5. The lowest BCUT2D eigenvalue weighted by molar-refractivity contribution is -0.143. The number of nitrogens with one attached hydrogen (secondary N) is 17. The van der Waals surface area contributed by atoms with E-state index in [4.69, 9.17) is 33.8 Å². The first kappa shape index (κ1) is 111. The molecule has 44 nitrogen and oxygen atoms in total. The summed E-state index contributed by atoms with van der Waals surface area (Å²) in [4.78, 5) is 254. The van der Waals surface area contributed by atoms with Crippen molar-refractivity contribution in [1.82, 2.24) is 95.0 Å². The fourth-order valence-corrected chi connectivity index (χ4v) is 13.6. The van der Waals surface area contributed by atoms with E-state index < -0.39 is 236 Å². The third-order valence-electron chi connectivity index (χ3n) is 20.9. The third kappa shape index (κ3) is 42.3. The number of nitrogens with zero attached hydrogens (tertiary/aromatic N) is 1. The van der Waals surface area contributed by atoms with Crippen molar-refractivity contribution in [3.05, 3.63) is 126 Å². The summed E-state index contributed by atoms with van der Waals surface area (Å²) in [7, 11) is 0. The second-order valence-corrected chi connectivity index (χ2v) is 32.7. The van der Waals surface area contributed by atoms with Gasteiger partial charge in [0.25, 0.3) is 0 Å². The van der Waals surface area contributed by atoms with E-state index in [1.165, 1.54) is 26.4 Å². The molecule has 14 atom stereocenters. The Balaban J connectivity index is 1.51. The fraction of sp³-hybridized carbons (Fsp3) is 0.557. The number of carboxylic acid groups (broad SMARTS) is 2. The summed E-state index contributed by atoms with van der Waals surface area (Å²) < 4.78 is 0. The van der Waals surface area contributed by atoms with E-state index in [0.29, 0.717) is 55.3 Å². The molecular weight excluding hydrogens is 1720 g/mol. The zero-order valence-corrected chi connectivity index (χ0v) is 75.7. The number of unbranched alkanes of at least 4 members (excludes halogenated alkanes) is 4. The summed E-state index contributed by atoms with van der Waals surface area (Å²) in [5.41, 5.74) is 30.8. The van der Waals surface area contributed by atoms with Gasteiger partial charge in [0.15, 0.2) is 0 Å². The Morgan fingerprint density at radius 2 is 0.667 bits per heavy atom. The Bertz CT molecular complexity index is 4370. The number of aromatic amines is 1. The first-order valence-electron chi connectivity index (χ1n) is 44.4. The Morgan fingerprint density at radius 3 is 1.05 bits per heavy atom. The maximum atomic E-state index is 14.7. The minimum atomic E-state index is -1.79. The van der Waals surface area contributed by atoms with E-state index in [2.05, 4.69) is 95.0 Å². The normalized spacial score (nSPS) is 14.3. The molecule has 0 aliphatic carbocycles. The van der Waals surface area contributed by atoms with Crippen LogP contribution in [-0.2, 0) is 112 Å². The Labute approximate surface area is 766 Å². The number of aliphatic hydroxyl groups is 1. The molecule has 0 spiro atoms. The molecule has 0 radical (unpaired) electrons. The predicted octanol–water partition coefficient (Wildman–Crippen LogP) is -5.14. The van der Waals surface area contributed by atoms with Crippen LogP contribution in [0.3, 0.4) is 0 Å². The second kappa shape index (κ2) is 60.9. The molecule has 30 N–H and O–H groups in total. The number of carbonyl (C=O) groups excluding carboxylic acids is 16. The van der Waals surface area contributed by atoms with E-state index in [9.17, 15) is 96.5 Å². The third-order valence-corrected chi connectivity index (χ3v) is 20.9. The monoisotopic (exact) mass is 1850 g/mol. The molecular formula is C88H135N23O21. The van der Waals surface area contributed by atoms with Gasteiger partial charge in [-0.2, -0.15) is 0 Å². The van der Waals surface area contributed by atoms with Crippen molar-refractivity contribution >= 4 is 106 Å². The average Bonchev–Trinajstić information content (AvgIpc) is 1.10. The highest BCUT2D eigenvalue weighted by Crippen LogP contribution is 2.16. The second-order valence-electron chi connectivity index (χ2n) is 32.7. The minimum Gasteiger partial charge on any atom is -0.481 e. The van der Waals surface area contributed by atoms with Crippen molar-refractivity contribution in [3.8, 4) is 0 Å². The molecule has 3 aromatic carbocycles. The number of imidazole rings is 1. The molecule has 0 aliphatic rings. The number of aliphatic carboxylic acids is 2. The predicted molar refractivity (Wildman–Crippen MR) is 484 cm³/mol. The molecule has 4 aromatic rings. The highest BCUT2D eigenvalue weighted by molar-refractivity contribution is 6.01. The molecule has 728 valence electrons. The molecule has 0 saturated heterocycles. The number of rotatable bonds is 64. The molecule has 16 amide bonds. The number of carbonyl (C=O) groups is 18. The summed E-state index contributed by atoms with van der Waals surface area (Å²) in [6.07, 6.45) is 4.01. The first-order valence-corrected chi connectivity index (χ1v) is 44.4. The molecule has 1 heterocycles. The lowest BCUT2D eigenvalue weighted by Crippen LogP contribution is -2.61. The van der Waals surface area contributed by atoms with E-state index in [1.807, 2.05) is 0 Å². The van der Waals surface area contributed by atoms with E-state index in [0.717, 1.165) is 0 Å². The molecule has 0 unspecified atom stereocenters. The summed E-state index contributed by atoms with van der Waals surface area (Å²) >= 11 is 0. The van der Waals surface area contributed by atoms with E-state index in [-0.39, 0.29) is 108 Å². The van der Waals surface area contributed by atoms with Gasteiger partial charge < -0.3 is 134 Å². The number of aliphatic hydroxyl groups excluding tert-OH is 1. The average molecular weight is 1850 g/mol. The van der Waals surface area contributed by atoms with Crippen LogP contribution in [0.2, 0.25) is 0 Å². The molecule has 0 saturated carbocycles. The van der Waals surface area contributed by atoms with Gasteiger partial charge in [-0.3, -0.25) is 81.5 Å². The van der Waals surface area contributed by atoms with Crippen molar-refractivity contribution in [2.24, 2.45) is 40.5 Å². The summed E-state index contributed by atoms with van der Waals surface area (Å²) in [5, 5.41) is 70.1. The van der Waals surface area contributed by atoms with Crippen molar-refractivity contribution in [1.29, 1.82) is 0 Å². The summed E-state index contributed by atoms with van der Waals surface area (Å²) in [6.45, 7) is 7.14. The van der Waals surface area contributed by atoms with Crippen LogP contribution < -0.4 is 114 Å². The minimum absolute atomic E-state index is 0.00513. The van der Waals surface area contributed by atoms with Gasteiger partial charge in [0.05, 0.1) is 38.3 Å². The number of aromatic nitrogens is 2. The number of hydrogen-bond donors (Lipinski definition) is 25. The molecule has 0 fully saturated rings. The van der Waals surface area contributed by atoms with Crippen LogP contribution in [0.5, 0.6) is 0 Å². The largest absolute Gasteiger partial charge is 0.481 e. The van der Waals surface area contributed by atoms with Crippen LogP contribution in [0.25, 0.3) is 0 Å². The lowest BCUT2D eigenvalue weighted by atomic mass is 10.00. The van der Waals surface area contributed by atoms with Gasteiger partial charge in [0, 0.05) is 38.3 Å². The molecule has 44 heteroatoms.